The summed E-state index contributed by atoms with van der Waals surface area (Å²) in [5.74, 6) is -0.161. The first-order chi connectivity index (χ1) is 6.13. The highest BCUT2D eigenvalue weighted by molar-refractivity contribution is 5.85. The van der Waals surface area contributed by atoms with Crippen LogP contribution in [0.1, 0.15) is 11.1 Å². The number of aryl methyl sites for hydroxylation is 1. The lowest BCUT2D eigenvalue weighted by molar-refractivity contribution is 0.277. The largest absolute Gasteiger partial charge is 0.319 e. The topological polar surface area (TPSA) is 38.0 Å². The highest BCUT2D eigenvalue weighted by atomic mass is 35.5. The van der Waals surface area contributed by atoms with Crippen molar-refractivity contribution in [3.8, 4) is 0 Å². The molecule has 2 nitrogen and oxygen atoms in total. The molecule has 0 aromatic heterocycles. The van der Waals surface area contributed by atoms with E-state index in [4.69, 9.17) is 5.73 Å². The lowest BCUT2D eigenvalue weighted by atomic mass is 9.84. The van der Waals surface area contributed by atoms with Gasteiger partial charge >= 0.3 is 0 Å². The number of benzene rings is 1. The van der Waals surface area contributed by atoms with Gasteiger partial charge in [0.1, 0.15) is 5.82 Å². The highest BCUT2D eigenvalue weighted by Gasteiger charge is 2.36. The minimum Gasteiger partial charge on any atom is -0.319 e. The van der Waals surface area contributed by atoms with Crippen molar-refractivity contribution in [1.29, 1.82) is 0 Å². The Labute approximate surface area is 89.1 Å². The van der Waals surface area contributed by atoms with Gasteiger partial charge in [-0.15, -0.1) is 12.4 Å². The van der Waals surface area contributed by atoms with E-state index in [1.807, 2.05) is 6.07 Å². The molecule has 1 fully saturated rings. The quantitative estimate of drug-likeness (QED) is 0.743. The summed E-state index contributed by atoms with van der Waals surface area (Å²) in [6, 6.07) is 5.37. The lowest BCUT2D eigenvalue weighted by Crippen LogP contribution is -2.63. The molecule has 1 aromatic rings. The average Bonchev–Trinajstić information content (AvgIpc) is 2.06. The van der Waals surface area contributed by atoms with Crippen molar-refractivity contribution in [2.45, 2.75) is 12.5 Å². The van der Waals surface area contributed by atoms with E-state index in [1.54, 1.807) is 19.1 Å². The Kier molecular flexibility index (Phi) is 3.14. The third-order valence-corrected chi connectivity index (χ3v) is 2.61. The second-order valence-corrected chi connectivity index (χ2v) is 3.70. The van der Waals surface area contributed by atoms with Crippen LogP contribution in [-0.4, -0.2) is 13.1 Å². The summed E-state index contributed by atoms with van der Waals surface area (Å²) in [6.07, 6.45) is 0. The van der Waals surface area contributed by atoms with Gasteiger partial charge in [0.05, 0.1) is 5.54 Å². The number of hydrogen-bond donors (Lipinski definition) is 2. The van der Waals surface area contributed by atoms with Gasteiger partial charge in [0.15, 0.2) is 0 Å². The van der Waals surface area contributed by atoms with E-state index in [0.717, 1.165) is 0 Å². The molecule has 3 N–H and O–H groups in total. The van der Waals surface area contributed by atoms with Crippen LogP contribution in [0.2, 0.25) is 0 Å². The molecule has 0 aliphatic carbocycles. The molecule has 1 aliphatic rings. The van der Waals surface area contributed by atoms with Gasteiger partial charge < -0.3 is 11.1 Å². The molecule has 0 amide bonds. The van der Waals surface area contributed by atoms with E-state index in [0.29, 0.717) is 24.2 Å². The summed E-state index contributed by atoms with van der Waals surface area (Å²) in [6.45, 7) is 3.08. The fourth-order valence-corrected chi connectivity index (χ4v) is 1.62. The summed E-state index contributed by atoms with van der Waals surface area (Å²) in [4.78, 5) is 0. The van der Waals surface area contributed by atoms with Crippen molar-refractivity contribution >= 4 is 12.4 Å². The molecule has 4 heteroatoms. The number of rotatable bonds is 1. The number of halogens is 2. The fraction of sp³-hybridized carbons (Fsp3) is 0.400. The van der Waals surface area contributed by atoms with E-state index in [2.05, 4.69) is 5.32 Å². The number of nitrogens with one attached hydrogen (secondary N) is 1. The van der Waals surface area contributed by atoms with E-state index >= 15 is 0 Å². The van der Waals surface area contributed by atoms with Crippen LogP contribution in [0.25, 0.3) is 0 Å². The van der Waals surface area contributed by atoms with Crippen LogP contribution < -0.4 is 11.1 Å². The molecular formula is C10H14ClFN2. The molecule has 2 rings (SSSR count). The van der Waals surface area contributed by atoms with Crippen LogP contribution in [-0.2, 0) is 5.54 Å². The number of nitrogens with two attached hydrogens (primary N) is 1. The highest BCUT2D eigenvalue weighted by Crippen LogP contribution is 2.26. The third-order valence-electron chi connectivity index (χ3n) is 2.61. The predicted octanol–water partition coefficient (Wildman–Crippen LogP) is 1.31. The van der Waals surface area contributed by atoms with Crippen LogP contribution in [0.15, 0.2) is 18.2 Å². The van der Waals surface area contributed by atoms with Crippen LogP contribution in [0.3, 0.4) is 0 Å². The zero-order valence-electron chi connectivity index (χ0n) is 8.01. The van der Waals surface area contributed by atoms with Crippen molar-refractivity contribution in [1.82, 2.24) is 5.32 Å². The Balaban J connectivity index is 0.000000980. The lowest BCUT2D eigenvalue weighted by Gasteiger charge is -2.39. The van der Waals surface area contributed by atoms with Gasteiger partial charge in [-0.25, -0.2) is 4.39 Å². The molecule has 1 saturated heterocycles. The second kappa shape index (κ2) is 3.85. The Morgan fingerprint density at radius 1 is 1.43 bits per heavy atom. The Morgan fingerprint density at radius 3 is 2.57 bits per heavy atom. The molecule has 0 radical (unpaired) electrons. The Bertz CT molecular complexity index is 337. The van der Waals surface area contributed by atoms with Crippen molar-refractivity contribution < 1.29 is 4.39 Å². The minimum atomic E-state index is -0.490. The van der Waals surface area contributed by atoms with Crippen molar-refractivity contribution in [3.05, 3.63) is 35.1 Å². The first kappa shape index (κ1) is 11.4. The molecule has 0 unspecified atom stereocenters. The van der Waals surface area contributed by atoms with Gasteiger partial charge in [-0.2, -0.15) is 0 Å². The maximum Gasteiger partial charge on any atom is 0.131 e. The molecule has 0 atom stereocenters. The normalized spacial score (nSPS) is 18.2. The molecule has 1 heterocycles. The standard InChI is InChI=1S/C10H13FN2.ClH/c1-7-3-2-4-8(9(7)11)10(12)5-13-6-10;/h2-4,13H,5-6,12H2,1H3;1H. The molecule has 14 heavy (non-hydrogen) atoms. The van der Waals surface area contributed by atoms with Gasteiger partial charge in [-0.1, -0.05) is 18.2 Å². The van der Waals surface area contributed by atoms with E-state index in [1.165, 1.54) is 0 Å². The molecule has 0 bridgehead atoms. The summed E-state index contributed by atoms with van der Waals surface area (Å²) >= 11 is 0. The van der Waals surface area contributed by atoms with Crippen molar-refractivity contribution in [3.63, 3.8) is 0 Å². The van der Waals surface area contributed by atoms with Crippen molar-refractivity contribution in [2.75, 3.05) is 13.1 Å². The maximum absolute atomic E-state index is 13.6. The van der Waals surface area contributed by atoms with Crippen LogP contribution in [0.5, 0.6) is 0 Å². The average molecular weight is 217 g/mol. The first-order valence-electron chi connectivity index (χ1n) is 4.39. The Morgan fingerprint density at radius 2 is 2.07 bits per heavy atom. The minimum absolute atomic E-state index is 0. The summed E-state index contributed by atoms with van der Waals surface area (Å²) in [5, 5.41) is 3.06. The molecular weight excluding hydrogens is 203 g/mol. The van der Waals surface area contributed by atoms with Gasteiger partial charge in [0.2, 0.25) is 0 Å². The van der Waals surface area contributed by atoms with Gasteiger partial charge in [0, 0.05) is 18.7 Å². The van der Waals surface area contributed by atoms with Crippen LogP contribution >= 0.6 is 12.4 Å². The van der Waals surface area contributed by atoms with Gasteiger partial charge in [-0.05, 0) is 12.5 Å². The predicted molar refractivity (Wildman–Crippen MR) is 57.1 cm³/mol. The summed E-state index contributed by atoms with van der Waals surface area (Å²) in [7, 11) is 0. The zero-order valence-corrected chi connectivity index (χ0v) is 8.83. The third kappa shape index (κ3) is 1.63. The second-order valence-electron chi connectivity index (χ2n) is 3.70. The van der Waals surface area contributed by atoms with Crippen LogP contribution in [0, 0.1) is 12.7 Å². The maximum atomic E-state index is 13.6. The van der Waals surface area contributed by atoms with Gasteiger partial charge in [-0.3, -0.25) is 0 Å². The smallest absolute Gasteiger partial charge is 0.131 e. The molecule has 0 spiro atoms. The summed E-state index contributed by atoms with van der Waals surface area (Å²) in [5.41, 5.74) is 6.79. The Hall–Kier alpha value is -0.640. The zero-order chi connectivity index (χ0) is 9.47. The van der Waals surface area contributed by atoms with E-state index in [-0.39, 0.29) is 18.2 Å². The van der Waals surface area contributed by atoms with Gasteiger partial charge in [0.25, 0.3) is 0 Å². The first-order valence-corrected chi connectivity index (χ1v) is 4.39. The van der Waals surface area contributed by atoms with Crippen molar-refractivity contribution in [2.24, 2.45) is 5.73 Å². The summed E-state index contributed by atoms with van der Waals surface area (Å²) < 4.78 is 13.6. The van der Waals surface area contributed by atoms with E-state index in [9.17, 15) is 4.39 Å². The molecule has 1 aliphatic heterocycles. The molecule has 1 aromatic carbocycles. The van der Waals surface area contributed by atoms with Crippen LogP contribution in [0.4, 0.5) is 4.39 Å². The fourth-order valence-electron chi connectivity index (χ4n) is 1.62. The number of hydrogen-bond acceptors (Lipinski definition) is 2. The molecule has 0 saturated carbocycles. The van der Waals surface area contributed by atoms with E-state index < -0.39 is 5.54 Å². The monoisotopic (exact) mass is 216 g/mol. The SMILES string of the molecule is Cc1cccc(C2(N)CNC2)c1F.Cl. The molecule has 78 valence electrons.